The van der Waals surface area contributed by atoms with Gasteiger partial charge in [0.25, 0.3) is 0 Å². The maximum absolute atomic E-state index is 12.2. The number of halogens is 1. The van der Waals surface area contributed by atoms with Crippen LogP contribution in [-0.4, -0.2) is 25.5 Å². The van der Waals surface area contributed by atoms with Gasteiger partial charge in [-0.05, 0) is 60.5 Å². The summed E-state index contributed by atoms with van der Waals surface area (Å²) >= 11 is 3.40. The molecule has 0 radical (unpaired) electrons. The van der Waals surface area contributed by atoms with E-state index in [2.05, 4.69) is 37.5 Å². The van der Waals surface area contributed by atoms with Gasteiger partial charge in [0, 0.05) is 17.6 Å². The Hall–Kier alpha value is -2.41. The maximum atomic E-state index is 12.2. The number of aryl methyl sites for hydroxylation is 3. The third-order valence-electron chi connectivity index (χ3n) is 3.84. The third-order valence-corrected chi connectivity index (χ3v) is 4.62. The molecule has 130 valence electrons. The molecule has 2 aromatic heterocycles. The Balaban J connectivity index is 1.66. The topological polar surface area (TPSA) is 64.7 Å². The summed E-state index contributed by atoms with van der Waals surface area (Å²) in [5, 5.41) is 11.7. The summed E-state index contributed by atoms with van der Waals surface area (Å²) in [5.74, 6) is -0.113. The second kappa shape index (κ2) is 7.23. The number of nitrogens with zero attached hydrogens (tertiary/aromatic N) is 4. The Morgan fingerprint density at radius 1 is 1.20 bits per heavy atom. The molecule has 3 rings (SSSR count). The van der Waals surface area contributed by atoms with E-state index in [9.17, 15) is 4.79 Å². The average Bonchev–Trinajstić information content (AvgIpc) is 3.00. The number of rotatable bonds is 5. The number of hydrogen-bond donors (Lipinski definition) is 1. The Labute approximate surface area is 155 Å². The van der Waals surface area contributed by atoms with Crippen molar-refractivity contribution in [1.29, 1.82) is 0 Å². The van der Waals surface area contributed by atoms with Gasteiger partial charge in [-0.25, -0.2) is 0 Å². The number of carbonyl (C=O) groups excluding carboxylic acids is 1. The summed E-state index contributed by atoms with van der Waals surface area (Å²) in [6, 6.07) is 9.87. The van der Waals surface area contributed by atoms with E-state index in [1.807, 2.05) is 49.7 Å². The lowest BCUT2D eigenvalue weighted by atomic mass is 10.2. The molecule has 7 heteroatoms. The van der Waals surface area contributed by atoms with Gasteiger partial charge in [0.1, 0.15) is 6.54 Å². The summed E-state index contributed by atoms with van der Waals surface area (Å²) in [4.78, 5) is 12.2. The largest absolute Gasteiger partial charge is 0.324 e. The fourth-order valence-electron chi connectivity index (χ4n) is 2.68. The molecule has 0 saturated heterocycles. The van der Waals surface area contributed by atoms with Crippen molar-refractivity contribution in [1.82, 2.24) is 19.6 Å². The molecular formula is C18H20BrN5O. The minimum atomic E-state index is -0.113. The number of hydrogen-bond acceptors (Lipinski definition) is 3. The van der Waals surface area contributed by atoms with Gasteiger partial charge < -0.3 is 5.32 Å². The normalized spacial score (nSPS) is 10.9. The van der Waals surface area contributed by atoms with Crippen molar-refractivity contribution < 1.29 is 4.79 Å². The molecule has 1 aromatic carbocycles. The van der Waals surface area contributed by atoms with E-state index < -0.39 is 0 Å². The Bertz CT molecular complexity index is 893. The molecule has 2 heterocycles. The summed E-state index contributed by atoms with van der Waals surface area (Å²) in [6.45, 7) is 6.76. The van der Waals surface area contributed by atoms with Gasteiger partial charge >= 0.3 is 0 Å². The molecule has 0 spiro atoms. The van der Waals surface area contributed by atoms with Crippen LogP contribution in [0.3, 0.4) is 0 Å². The highest BCUT2D eigenvalue weighted by atomic mass is 79.9. The molecule has 1 amide bonds. The van der Waals surface area contributed by atoms with Crippen LogP contribution in [-0.2, 0) is 17.9 Å². The molecule has 0 bridgehead atoms. The van der Waals surface area contributed by atoms with Gasteiger partial charge in [0.2, 0.25) is 5.91 Å². The first kappa shape index (κ1) is 17.4. The fourth-order valence-corrected chi connectivity index (χ4v) is 2.99. The van der Waals surface area contributed by atoms with Crippen molar-refractivity contribution in [3.63, 3.8) is 0 Å². The molecular weight excluding hydrogens is 382 g/mol. The Morgan fingerprint density at radius 2 is 2.00 bits per heavy atom. The first-order valence-corrected chi connectivity index (χ1v) is 8.79. The van der Waals surface area contributed by atoms with E-state index in [-0.39, 0.29) is 12.5 Å². The predicted octanol–water partition coefficient (Wildman–Crippen LogP) is 3.45. The van der Waals surface area contributed by atoms with Crippen molar-refractivity contribution in [3.8, 4) is 0 Å². The highest BCUT2D eigenvalue weighted by Crippen LogP contribution is 2.15. The molecule has 0 aliphatic carbocycles. The van der Waals surface area contributed by atoms with Gasteiger partial charge in [-0.3, -0.25) is 14.2 Å². The number of nitrogens with one attached hydrogen (secondary N) is 1. The standard InChI is InChI=1S/C18H20BrN5O/c1-12-7-13(2)24(21-12)9-15-5-4-6-16(8-15)20-18(25)11-23-10-17(19)14(3)22-23/h4-8,10H,9,11H2,1-3H3,(H,20,25). The minimum absolute atomic E-state index is 0.113. The zero-order valence-electron chi connectivity index (χ0n) is 14.5. The lowest BCUT2D eigenvalue weighted by Crippen LogP contribution is -2.19. The highest BCUT2D eigenvalue weighted by Gasteiger charge is 2.08. The zero-order valence-corrected chi connectivity index (χ0v) is 16.0. The molecule has 6 nitrogen and oxygen atoms in total. The van der Waals surface area contributed by atoms with Gasteiger partial charge in [-0.1, -0.05) is 12.1 Å². The summed E-state index contributed by atoms with van der Waals surface area (Å²) in [7, 11) is 0. The monoisotopic (exact) mass is 401 g/mol. The van der Waals surface area contributed by atoms with Crippen molar-refractivity contribution in [2.75, 3.05) is 5.32 Å². The second-order valence-corrected chi connectivity index (χ2v) is 6.95. The summed E-state index contributed by atoms with van der Waals surface area (Å²) in [6.07, 6.45) is 1.80. The van der Waals surface area contributed by atoms with Gasteiger partial charge in [0.05, 0.1) is 22.4 Å². The van der Waals surface area contributed by atoms with Crippen LogP contribution in [0.25, 0.3) is 0 Å². The number of aromatic nitrogens is 4. The van der Waals surface area contributed by atoms with Crippen LogP contribution in [0, 0.1) is 20.8 Å². The average molecular weight is 402 g/mol. The maximum Gasteiger partial charge on any atom is 0.246 e. The SMILES string of the molecule is Cc1cc(C)n(Cc2cccc(NC(=O)Cn3cc(Br)c(C)n3)c2)n1. The van der Waals surface area contributed by atoms with E-state index >= 15 is 0 Å². The number of benzene rings is 1. The van der Waals surface area contributed by atoms with E-state index in [4.69, 9.17) is 0 Å². The van der Waals surface area contributed by atoms with Gasteiger partial charge in [0.15, 0.2) is 0 Å². The third kappa shape index (κ3) is 4.36. The highest BCUT2D eigenvalue weighted by molar-refractivity contribution is 9.10. The zero-order chi connectivity index (χ0) is 18.0. The van der Waals surface area contributed by atoms with E-state index in [1.165, 1.54) is 0 Å². The van der Waals surface area contributed by atoms with Crippen LogP contribution in [0.5, 0.6) is 0 Å². The first-order chi connectivity index (χ1) is 11.9. The Morgan fingerprint density at radius 3 is 2.64 bits per heavy atom. The summed E-state index contributed by atoms with van der Waals surface area (Å²) in [5.41, 5.74) is 4.84. The predicted molar refractivity (Wildman–Crippen MR) is 101 cm³/mol. The first-order valence-electron chi connectivity index (χ1n) is 8.00. The van der Waals surface area contributed by atoms with Crippen molar-refractivity contribution in [2.45, 2.75) is 33.9 Å². The van der Waals surface area contributed by atoms with Crippen LogP contribution in [0.1, 0.15) is 22.6 Å². The van der Waals surface area contributed by atoms with Crippen molar-refractivity contribution >= 4 is 27.5 Å². The lowest BCUT2D eigenvalue weighted by Gasteiger charge is -2.09. The number of amides is 1. The molecule has 0 aliphatic rings. The van der Waals surface area contributed by atoms with Crippen LogP contribution < -0.4 is 5.32 Å². The van der Waals surface area contributed by atoms with Crippen molar-refractivity contribution in [2.24, 2.45) is 0 Å². The van der Waals surface area contributed by atoms with Crippen LogP contribution in [0.15, 0.2) is 41.0 Å². The minimum Gasteiger partial charge on any atom is -0.324 e. The molecule has 25 heavy (non-hydrogen) atoms. The molecule has 0 saturated carbocycles. The lowest BCUT2D eigenvalue weighted by molar-refractivity contribution is -0.116. The fraction of sp³-hybridized carbons (Fsp3) is 0.278. The van der Waals surface area contributed by atoms with Crippen LogP contribution in [0.2, 0.25) is 0 Å². The number of carbonyl (C=O) groups is 1. The summed E-state index contributed by atoms with van der Waals surface area (Å²) < 4.78 is 4.47. The molecule has 3 aromatic rings. The van der Waals surface area contributed by atoms with Crippen molar-refractivity contribution in [3.05, 3.63) is 63.6 Å². The Kier molecular flexibility index (Phi) is 5.03. The molecule has 0 aliphatic heterocycles. The van der Waals surface area contributed by atoms with E-state index in [0.29, 0.717) is 6.54 Å². The smallest absolute Gasteiger partial charge is 0.246 e. The molecule has 0 unspecified atom stereocenters. The van der Waals surface area contributed by atoms with Gasteiger partial charge in [-0.15, -0.1) is 0 Å². The van der Waals surface area contributed by atoms with E-state index in [0.717, 1.165) is 32.8 Å². The number of anilines is 1. The molecule has 0 atom stereocenters. The quantitative estimate of drug-likeness (QED) is 0.711. The molecule has 0 fully saturated rings. The van der Waals surface area contributed by atoms with Crippen LogP contribution >= 0.6 is 15.9 Å². The van der Waals surface area contributed by atoms with Gasteiger partial charge in [-0.2, -0.15) is 10.2 Å². The second-order valence-electron chi connectivity index (χ2n) is 6.09. The molecule has 1 N–H and O–H groups in total. The van der Waals surface area contributed by atoms with E-state index in [1.54, 1.807) is 10.9 Å². The van der Waals surface area contributed by atoms with Crippen LogP contribution in [0.4, 0.5) is 5.69 Å².